The van der Waals surface area contributed by atoms with Crippen LogP contribution in [0.15, 0.2) is 4.99 Å². The Labute approximate surface area is 85.9 Å². The van der Waals surface area contributed by atoms with Gasteiger partial charge in [-0.25, -0.2) is 8.42 Å². The molecule has 84 valence electrons. The minimum Gasteiger partial charge on any atom is -0.359 e. The van der Waals surface area contributed by atoms with Crippen molar-refractivity contribution < 1.29 is 8.42 Å². The molecule has 0 fully saturated rings. The van der Waals surface area contributed by atoms with E-state index < -0.39 is 9.84 Å². The highest BCUT2D eigenvalue weighted by Crippen LogP contribution is 1.94. The van der Waals surface area contributed by atoms with Crippen LogP contribution in [0.3, 0.4) is 0 Å². The zero-order valence-electron chi connectivity index (χ0n) is 9.16. The fraction of sp³-hybridized carbons (Fsp3) is 0.875. The topological polar surface area (TPSA) is 70.6 Å². The second-order valence-electron chi connectivity index (χ2n) is 3.29. The summed E-state index contributed by atoms with van der Waals surface area (Å²) in [6, 6.07) is 0.0934. The first-order chi connectivity index (χ1) is 6.39. The first-order valence-corrected chi connectivity index (χ1v) is 6.54. The number of nitrogens with zero attached hydrogens (tertiary/aromatic N) is 1. The summed E-state index contributed by atoms with van der Waals surface area (Å²) in [5.74, 6) is 0.869. The lowest BCUT2D eigenvalue weighted by atomic mass is 10.3. The molecule has 0 amide bonds. The molecule has 0 saturated carbocycles. The summed E-state index contributed by atoms with van der Waals surface area (Å²) >= 11 is 0. The molecule has 0 saturated heterocycles. The molecule has 0 rings (SSSR count). The number of guanidine groups is 1. The summed E-state index contributed by atoms with van der Waals surface area (Å²) in [6.45, 7) is 1.92. The van der Waals surface area contributed by atoms with Gasteiger partial charge in [0.15, 0.2) is 5.96 Å². The highest BCUT2D eigenvalue weighted by molar-refractivity contribution is 7.90. The molecular weight excluding hydrogens is 202 g/mol. The summed E-state index contributed by atoms with van der Waals surface area (Å²) < 4.78 is 21.8. The van der Waals surface area contributed by atoms with E-state index in [1.165, 1.54) is 6.26 Å². The van der Waals surface area contributed by atoms with E-state index in [9.17, 15) is 8.42 Å². The molecule has 0 aliphatic heterocycles. The van der Waals surface area contributed by atoms with Crippen molar-refractivity contribution in [2.75, 3.05) is 26.1 Å². The molecule has 0 aliphatic rings. The lowest BCUT2D eigenvalue weighted by Gasteiger charge is -2.15. The zero-order chi connectivity index (χ0) is 11.2. The van der Waals surface area contributed by atoms with Crippen molar-refractivity contribution in [1.82, 2.24) is 10.6 Å². The maximum absolute atomic E-state index is 10.9. The Hall–Kier alpha value is -0.780. The average Bonchev–Trinajstić information content (AvgIpc) is 2.09. The predicted octanol–water partition coefficient (Wildman–Crippen LogP) is -0.396. The normalized spacial score (nSPS) is 15.0. The van der Waals surface area contributed by atoms with Gasteiger partial charge in [0.1, 0.15) is 9.84 Å². The van der Waals surface area contributed by atoms with Crippen LogP contribution in [0.25, 0.3) is 0 Å². The third kappa shape index (κ3) is 6.71. The van der Waals surface area contributed by atoms with Gasteiger partial charge in [-0.05, 0) is 13.3 Å². The van der Waals surface area contributed by atoms with Crippen molar-refractivity contribution in [2.24, 2.45) is 4.99 Å². The minimum atomic E-state index is -2.87. The molecule has 0 aromatic rings. The van der Waals surface area contributed by atoms with E-state index in [0.717, 1.165) is 0 Å². The minimum absolute atomic E-state index is 0.0934. The molecule has 0 heterocycles. The summed E-state index contributed by atoms with van der Waals surface area (Å²) in [5.41, 5.74) is 0. The number of rotatable bonds is 4. The van der Waals surface area contributed by atoms with Crippen LogP contribution in [-0.2, 0) is 9.84 Å². The van der Waals surface area contributed by atoms with Crippen LogP contribution < -0.4 is 10.6 Å². The number of hydrogen-bond acceptors (Lipinski definition) is 3. The summed E-state index contributed by atoms with van der Waals surface area (Å²) in [4.78, 5) is 3.94. The maximum atomic E-state index is 10.9. The van der Waals surface area contributed by atoms with Crippen molar-refractivity contribution in [3.8, 4) is 0 Å². The van der Waals surface area contributed by atoms with Crippen molar-refractivity contribution in [3.63, 3.8) is 0 Å². The Morgan fingerprint density at radius 2 is 2.07 bits per heavy atom. The second kappa shape index (κ2) is 5.85. The van der Waals surface area contributed by atoms with Gasteiger partial charge in [0.05, 0.1) is 5.75 Å². The first-order valence-electron chi connectivity index (χ1n) is 4.48. The van der Waals surface area contributed by atoms with Crippen LogP contribution in [0, 0.1) is 0 Å². The largest absolute Gasteiger partial charge is 0.359 e. The van der Waals surface area contributed by atoms with Gasteiger partial charge in [0.2, 0.25) is 0 Å². The number of nitrogens with one attached hydrogen (secondary N) is 2. The van der Waals surface area contributed by atoms with E-state index in [-0.39, 0.29) is 11.8 Å². The fourth-order valence-corrected chi connectivity index (χ4v) is 1.73. The Kier molecular flexibility index (Phi) is 5.52. The molecule has 0 radical (unpaired) electrons. The van der Waals surface area contributed by atoms with E-state index in [0.29, 0.717) is 12.4 Å². The van der Waals surface area contributed by atoms with Crippen LogP contribution >= 0.6 is 0 Å². The number of hydrogen-bond donors (Lipinski definition) is 2. The molecule has 0 aromatic carbocycles. The monoisotopic (exact) mass is 221 g/mol. The molecule has 0 aromatic heterocycles. The SMILES string of the molecule is CN=C(NC)NC(C)CCS(C)(=O)=O. The molecular formula is C8H19N3O2S. The van der Waals surface area contributed by atoms with E-state index in [4.69, 9.17) is 0 Å². The van der Waals surface area contributed by atoms with Gasteiger partial charge in [0.25, 0.3) is 0 Å². The molecule has 0 aliphatic carbocycles. The molecule has 0 bridgehead atoms. The Morgan fingerprint density at radius 3 is 2.43 bits per heavy atom. The van der Waals surface area contributed by atoms with Crippen LogP contribution in [0.4, 0.5) is 0 Å². The van der Waals surface area contributed by atoms with Gasteiger partial charge in [-0.2, -0.15) is 0 Å². The summed E-state index contributed by atoms with van der Waals surface area (Å²) in [7, 11) is 0.563. The van der Waals surface area contributed by atoms with E-state index in [1.807, 2.05) is 6.92 Å². The molecule has 1 unspecified atom stereocenters. The molecule has 1 atom stereocenters. The van der Waals surface area contributed by atoms with Crippen molar-refractivity contribution in [3.05, 3.63) is 0 Å². The first kappa shape index (κ1) is 13.2. The van der Waals surface area contributed by atoms with Crippen LogP contribution in [0.1, 0.15) is 13.3 Å². The second-order valence-corrected chi connectivity index (χ2v) is 5.55. The smallest absolute Gasteiger partial charge is 0.190 e. The van der Waals surface area contributed by atoms with Gasteiger partial charge in [-0.15, -0.1) is 0 Å². The van der Waals surface area contributed by atoms with Gasteiger partial charge in [0, 0.05) is 26.4 Å². The van der Waals surface area contributed by atoms with E-state index in [1.54, 1.807) is 14.1 Å². The quantitative estimate of drug-likeness (QED) is 0.501. The van der Waals surface area contributed by atoms with Crippen LogP contribution in [-0.4, -0.2) is 46.5 Å². The number of aliphatic imine (C=N–C) groups is 1. The van der Waals surface area contributed by atoms with E-state index >= 15 is 0 Å². The van der Waals surface area contributed by atoms with Gasteiger partial charge < -0.3 is 10.6 Å². The highest BCUT2D eigenvalue weighted by Gasteiger charge is 2.08. The third-order valence-electron chi connectivity index (χ3n) is 1.77. The molecule has 5 nitrogen and oxygen atoms in total. The van der Waals surface area contributed by atoms with Gasteiger partial charge in [-0.1, -0.05) is 0 Å². The molecule has 14 heavy (non-hydrogen) atoms. The highest BCUT2D eigenvalue weighted by atomic mass is 32.2. The molecule has 2 N–H and O–H groups in total. The predicted molar refractivity (Wildman–Crippen MR) is 59.3 cm³/mol. The van der Waals surface area contributed by atoms with Crippen molar-refractivity contribution >= 4 is 15.8 Å². The Balaban J connectivity index is 3.93. The summed E-state index contributed by atoms with van der Waals surface area (Å²) in [5, 5.41) is 5.93. The van der Waals surface area contributed by atoms with Crippen molar-refractivity contribution in [1.29, 1.82) is 0 Å². The summed E-state index contributed by atoms with van der Waals surface area (Å²) in [6.07, 6.45) is 1.83. The zero-order valence-corrected chi connectivity index (χ0v) is 9.98. The fourth-order valence-electron chi connectivity index (χ4n) is 0.945. The van der Waals surface area contributed by atoms with Gasteiger partial charge >= 0.3 is 0 Å². The average molecular weight is 221 g/mol. The van der Waals surface area contributed by atoms with Crippen molar-refractivity contribution in [2.45, 2.75) is 19.4 Å². The Bertz CT molecular complexity index is 285. The lowest BCUT2D eigenvalue weighted by molar-refractivity contribution is 0.582. The number of sulfone groups is 1. The van der Waals surface area contributed by atoms with Crippen LogP contribution in [0.2, 0.25) is 0 Å². The molecule has 0 spiro atoms. The maximum Gasteiger partial charge on any atom is 0.190 e. The lowest BCUT2D eigenvalue weighted by Crippen LogP contribution is -2.41. The Morgan fingerprint density at radius 1 is 1.50 bits per heavy atom. The van der Waals surface area contributed by atoms with E-state index in [2.05, 4.69) is 15.6 Å². The van der Waals surface area contributed by atoms with Crippen LogP contribution in [0.5, 0.6) is 0 Å². The molecule has 6 heteroatoms. The third-order valence-corrected chi connectivity index (χ3v) is 2.74. The standard InChI is InChI=1S/C8H19N3O2S/c1-7(5-6-14(4,12)13)11-8(9-2)10-3/h7H,5-6H2,1-4H3,(H2,9,10,11). The van der Waals surface area contributed by atoms with Gasteiger partial charge in [-0.3, -0.25) is 4.99 Å².